The standard InChI is InChI=1S/C12H18ClNOS/c1-14(7-8-16)6-5-10-3-4-12(15-2)11(13)9-10/h3-4,9,16H,5-8H2,1-2H3. The molecule has 0 aliphatic carbocycles. The molecule has 1 aromatic carbocycles. The molecule has 0 atom stereocenters. The molecule has 0 heterocycles. The highest BCUT2D eigenvalue weighted by Gasteiger charge is 2.03. The molecule has 0 aliphatic rings. The smallest absolute Gasteiger partial charge is 0.137 e. The van der Waals surface area contributed by atoms with Crippen LogP contribution in [-0.4, -0.2) is 37.9 Å². The summed E-state index contributed by atoms with van der Waals surface area (Å²) in [6.45, 7) is 2.02. The van der Waals surface area contributed by atoms with E-state index in [1.165, 1.54) is 5.56 Å². The molecule has 16 heavy (non-hydrogen) atoms. The lowest BCUT2D eigenvalue weighted by atomic mass is 10.1. The molecule has 0 bridgehead atoms. The third-order valence-electron chi connectivity index (χ3n) is 2.48. The minimum atomic E-state index is 0.678. The van der Waals surface area contributed by atoms with E-state index in [1.54, 1.807) is 7.11 Å². The van der Waals surface area contributed by atoms with E-state index in [0.29, 0.717) is 5.02 Å². The molecule has 0 fully saturated rings. The molecule has 0 amide bonds. The van der Waals surface area contributed by atoms with E-state index in [2.05, 4.69) is 30.6 Å². The number of nitrogens with zero attached hydrogens (tertiary/aromatic N) is 1. The Kier molecular flexibility index (Phi) is 6.03. The number of benzene rings is 1. The molecule has 0 unspecified atom stereocenters. The number of halogens is 1. The van der Waals surface area contributed by atoms with Crippen LogP contribution in [0.25, 0.3) is 0 Å². The van der Waals surface area contributed by atoms with Crippen molar-refractivity contribution in [2.45, 2.75) is 6.42 Å². The normalized spacial score (nSPS) is 10.8. The number of ether oxygens (including phenoxy) is 1. The van der Waals surface area contributed by atoms with E-state index >= 15 is 0 Å². The predicted molar refractivity (Wildman–Crippen MR) is 73.1 cm³/mol. The van der Waals surface area contributed by atoms with Crippen LogP contribution in [0, 0.1) is 0 Å². The predicted octanol–water partition coefficient (Wildman–Crippen LogP) is 2.75. The summed E-state index contributed by atoms with van der Waals surface area (Å²) in [5.74, 6) is 1.62. The fourth-order valence-corrected chi connectivity index (χ4v) is 2.09. The van der Waals surface area contributed by atoms with Gasteiger partial charge in [0.1, 0.15) is 5.75 Å². The highest BCUT2D eigenvalue weighted by Crippen LogP contribution is 2.25. The van der Waals surface area contributed by atoms with Crippen LogP contribution >= 0.6 is 24.2 Å². The average molecular weight is 260 g/mol. The number of hydrogen-bond acceptors (Lipinski definition) is 3. The topological polar surface area (TPSA) is 12.5 Å². The van der Waals surface area contributed by atoms with Crippen LogP contribution in [0.4, 0.5) is 0 Å². The lowest BCUT2D eigenvalue weighted by Crippen LogP contribution is -2.23. The minimum absolute atomic E-state index is 0.678. The fourth-order valence-electron chi connectivity index (χ4n) is 1.47. The summed E-state index contributed by atoms with van der Waals surface area (Å²) in [6, 6.07) is 5.93. The van der Waals surface area contributed by atoms with Crippen LogP contribution < -0.4 is 4.74 Å². The highest BCUT2D eigenvalue weighted by atomic mass is 35.5. The zero-order valence-electron chi connectivity index (χ0n) is 9.74. The van der Waals surface area contributed by atoms with Gasteiger partial charge in [-0.2, -0.15) is 12.6 Å². The summed E-state index contributed by atoms with van der Waals surface area (Å²) < 4.78 is 5.11. The van der Waals surface area contributed by atoms with E-state index in [0.717, 1.165) is 31.0 Å². The lowest BCUT2D eigenvalue weighted by Gasteiger charge is -2.15. The minimum Gasteiger partial charge on any atom is -0.495 e. The van der Waals surface area contributed by atoms with Gasteiger partial charge < -0.3 is 9.64 Å². The summed E-state index contributed by atoms with van der Waals surface area (Å²) >= 11 is 10.3. The maximum atomic E-state index is 6.06. The van der Waals surface area contributed by atoms with Crippen LogP contribution in [0.2, 0.25) is 5.02 Å². The van der Waals surface area contributed by atoms with Crippen molar-refractivity contribution in [3.63, 3.8) is 0 Å². The molecule has 2 nitrogen and oxygen atoms in total. The molecule has 0 aromatic heterocycles. The van der Waals surface area contributed by atoms with Crippen LogP contribution in [0.5, 0.6) is 5.75 Å². The van der Waals surface area contributed by atoms with Gasteiger partial charge in [-0.25, -0.2) is 0 Å². The molecule has 0 aliphatic heterocycles. The van der Waals surface area contributed by atoms with Gasteiger partial charge in [-0.1, -0.05) is 17.7 Å². The van der Waals surface area contributed by atoms with Gasteiger partial charge in [-0.3, -0.25) is 0 Å². The van der Waals surface area contributed by atoms with E-state index in [1.807, 2.05) is 12.1 Å². The van der Waals surface area contributed by atoms with Gasteiger partial charge in [-0.05, 0) is 31.2 Å². The Balaban J connectivity index is 2.51. The number of hydrogen-bond donors (Lipinski definition) is 1. The molecule has 0 spiro atoms. The van der Waals surface area contributed by atoms with Crippen LogP contribution in [0.1, 0.15) is 5.56 Å². The molecule has 0 radical (unpaired) electrons. The Hall–Kier alpha value is -0.380. The molecule has 0 N–H and O–H groups in total. The van der Waals surface area contributed by atoms with Crippen LogP contribution in [0.15, 0.2) is 18.2 Å². The maximum absolute atomic E-state index is 6.06. The van der Waals surface area contributed by atoms with Crippen LogP contribution in [-0.2, 0) is 6.42 Å². The summed E-state index contributed by atoms with van der Waals surface area (Å²) in [4.78, 5) is 2.26. The maximum Gasteiger partial charge on any atom is 0.137 e. The van der Waals surface area contributed by atoms with Gasteiger partial charge in [-0.15, -0.1) is 0 Å². The summed E-state index contributed by atoms with van der Waals surface area (Å²) in [6.07, 6.45) is 0.994. The Bertz CT molecular complexity index is 333. The zero-order chi connectivity index (χ0) is 12.0. The third kappa shape index (κ3) is 4.24. The summed E-state index contributed by atoms with van der Waals surface area (Å²) in [7, 11) is 3.72. The molecule has 0 saturated carbocycles. The van der Waals surface area contributed by atoms with Gasteiger partial charge in [0.25, 0.3) is 0 Å². The second-order valence-electron chi connectivity index (χ2n) is 3.75. The van der Waals surface area contributed by atoms with E-state index in [4.69, 9.17) is 16.3 Å². The Morgan fingerprint density at radius 1 is 1.38 bits per heavy atom. The second-order valence-corrected chi connectivity index (χ2v) is 4.60. The van der Waals surface area contributed by atoms with Crippen molar-refractivity contribution >= 4 is 24.2 Å². The third-order valence-corrected chi connectivity index (χ3v) is 2.98. The second kappa shape index (κ2) is 7.05. The molecule has 90 valence electrons. The Morgan fingerprint density at radius 2 is 2.12 bits per heavy atom. The van der Waals surface area contributed by atoms with Crippen LogP contribution in [0.3, 0.4) is 0 Å². The van der Waals surface area contributed by atoms with E-state index in [-0.39, 0.29) is 0 Å². The van der Waals surface area contributed by atoms with Gasteiger partial charge in [0.2, 0.25) is 0 Å². The van der Waals surface area contributed by atoms with Crippen molar-refractivity contribution in [1.29, 1.82) is 0 Å². The zero-order valence-corrected chi connectivity index (χ0v) is 11.4. The van der Waals surface area contributed by atoms with Gasteiger partial charge in [0.15, 0.2) is 0 Å². The fraction of sp³-hybridized carbons (Fsp3) is 0.500. The quantitative estimate of drug-likeness (QED) is 0.789. The molecule has 0 saturated heterocycles. The summed E-state index contributed by atoms with van der Waals surface area (Å²) in [5.41, 5.74) is 1.23. The van der Waals surface area contributed by atoms with Crippen molar-refractivity contribution in [2.24, 2.45) is 0 Å². The van der Waals surface area contributed by atoms with Gasteiger partial charge in [0.05, 0.1) is 12.1 Å². The Labute approximate surface area is 108 Å². The first kappa shape index (κ1) is 13.7. The van der Waals surface area contributed by atoms with Crippen molar-refractivity contribution < 1.29 is 4.74 Å². The monoisotopic (exact) mass is 259 g/mol. The number of thiol groups is 1. The van der Waals surface area contributed by atoms with Gasteiger partial charge >= 0.3 is 0 Å². The first-order chi connectivity index (χ1) is 7.67. The number of likely N-dealkylation sites (N-methyl/N-ethyl adjacent to an activating group) is 1. The molecule has 1 aromatic rings. The molecule has 4 heteroatoms. The van der Waals surface area contributed by atoms with Crippen molar-refractivity contribution in [3.8, 4) is 5.75 Å². The van der Waals surface area contributed by atoms with Crippen molar-refractivity contribution in [1.82, 2.24) is 4.90 Å². The van der Waals surface area contributed by atoms with E-state index in [9.17, 15) is 0 Å². The van der Waals surface area contributed by atoms with E-state index < -0.39 is 0 Å². The molecule has 1 rings (SSSR count). The Morgan fingerprint density at radius 3 is 2.69 bits per heavy atom. The first-order valence-corrected chi connectivity index (χ1v) is 6.30. The lowest BCUT2D eigenvalue weighted by molar-refractivity contribution is 0.360. The largest absolute Gasteiger partial charge is 0.495 e. The van der Waals surface area contributed by atoms with Crippen molar-refractivity contribution in [3.05, 3.63) is 28.8 Å². The SMILES string of the molecule is COc1ccc(CCN(C)CCS)cc1Cl. The van der Waals surface area contributed by atoms with Gasteiger partial charge in [0, 0.05) is 18.8 Å². The highest BCUT2D eigenvalue weighted by molar-refractivity contribution is 7.80. The molecular formula is C12H18ClNOS. The molecular weight excluding hydrogens is 242 g/mol. The van der Waals surface area contributed by atoms with Crippen molar-refractivity contribution in [2.75, 3.05) is 33.0 Å². The number of rotatable bonds is 6. The summed E-state index contributed by atoms with van der Waals surface area (Å²) in [5, 5.41) is 0.678. The first-order valence-electron chi connectivity index (χ1n) is 5.29. The number of methoxy groups -OCH3 is 1. The average Bonchev–Trinajstić information content (AvgIpc) is 2.27.